The Hall–Kier alpha value is -5.14. The first-order chi connectivity index (χ1) is 24.2. The molecule has 15 nitrogen and oxygen atoms in total. The molecule has 274 valence electrons. The molecule has 2 aliphatic rings. The minimum atomic E-state index is -1.03. The Bertz CT molecular complexity index is 1610. The summed E-state index contributed by atoms with van der Waals surface area (Å²) in [6.45, 7) is 10.1. The number of azide groups is 1. The average molecular weight is 706 g/mol. The van der Waals surface area contributed by atoms with Gasteiger partial charge in [-0.15, -0.1) is 4.99 Å². The van der Waals surface area contributed by atoms with Gasteiger partial charge in [0.05, 0.1) is 26.4 Å². The molecular weight excluding hydrogens is 658 g/mol. The van der Waals surface area contributed by atoms with Crippen LogP contribution in [0, 0.1) is 0 Å². The van der Waals surface area contributed by atoms with Gasteiger partial charge in [0.1, 0.15) is 17.2 Å². The van der Waals surface area contributed by atoms with Crippen molar-refractivity contribution in [2.24, 2.45) is 10.1 Å². The maximum absolute atomic E-state index is 14.0. The van der Waals surface area contributed by atoms with E-state index in [0.717, 1.165) is 9.80 Å². The predicted octanol–water partition coefficient (Wildman–Crippen LogP) is 6.76. The van der Waals surface area contributed by atoms with Crippen molar-refractivity contribution < 1.29 is 38.1 Å². The number of benzene rings is 2. The van der Waals surface area contributed by atoms with Crippen LogP contribution in [-0.2, 0) is 23.7 Å². The van der Waals surface area contributed by atoms with Crippen LogP contribution >= 0.6 is 0 Å². The van der Waals surface area contributed by atoms with Crippen LogP contribution in [0.3, 0.4) is 0 Å². The number of carbonyl (C=O) groups is 4. The molecule has 0 aromatic heterocycles. The first-order valence-corrected chi connectivity index (χ1v) is 17.0. The van der Waals surface area contributed by atoms with Gasteiger partial charge in [0.2, 0.25) is 5.96 Å². The summed E-state index contributed by atoms with van der Waals surface area (Å²) in [5.41, 5.74) is 11.4. The number of piperidine rings is 1. The zero-order valence-electron chi connectivity index (χ0n) is 30.1. The van der Waals surface area contributed by atoms with Crippen molar-refractivity contribution in [3.05, 3.63) is 70.1 Å². The van der Waals surface area contributed by atoms with Gasteiger partial charge in [0, 0.05) is 23.9 Å². The Morgan fingerprint density at radius 1 is 0.941 bits per heavy atom. The molecule has 2 aromatic carbocycles. The molecule has 51 heavy (non-hydrogen) atoms. The third-order valence-corrected chi connectivity index (χ3v) is 7.87. The minimum absolute atomic E-state index is 0.0607. The predicted molar refractivity (Wildman–Crippen MR) is 189 cm³/mol. The summed E-state index contributed by atoms with van der Waals surface area (Å²) in [7, 11) is 0. The second-order valence-electron chi connectivity index (χ2n) is 14.1. The highest BCUT2D eigenvalue weighted by Gasteiger charge is 2.39. The fraction of sp³-hybridized carbons (Fsp3) is 0.528. The Morgan fingerprint density at radius 2 is 1.57 bits per heavy atom. The number of guanidine groups is 1. The van der Waals surface area contributed by atoms with Crippen molar-refractivity contribution >= 4 is 30.1 Å². The maximum Gasteiger partial charge on any atom is 0.437 e. The zero-order chi connectivity index (χ0) is 37.2. The number of carbonyl (C=O) groups excluding carboxylic acids is 4. The molecule has 1 aliphatic heterocycles. The lowest BCUT2D eigenvalue weighted by atomic mass is 9.94. The SMILES string of the molecule is CC(C)(C)OC(=O)/N=C(\N(CCOCCN=[N+]=[N-])C(=O)OC(C)(C)C)N1CCC[C@H](NC(=O)OCCC2c3ccccc3-c3ccccc32)C1=O. The number of nitrogens with zero attached hydrogens (tertiary/aromatic N) is 6. The van der Waals surface area contributed by atoms with Gasteiger partial charge in [-0.25, -0.2) is 19.3 Å². The van der Waals surface area contributed by atoms with Gasteiger partial charge in [-0.2, -0.15) is 0 Å². The molecule has 0 bridgehead atoms. The van der Waals surface area contributed by atoms with Gasteiger partial charge in [-0.1, -0.05) is 53.6 Å². The lowest BCUT2D eigenvalue weighted by molar-refractivity contribution is -0.132. The van der Waals surface area contributed by atoms with Gasteiger partial charge in [0.25, 0.3) is 5.91 Å². The number of nitrogens with one attached hydrogen (secondary N) is 1. The highest BCUT2D eigenvalue weighted by molar-refractivity contribution is 6.08. The van der Waals surface area contributed by atoms with Crippen molar-refractivity contribution in [2.45, 2.75) is 84.0 Å². The number of fused-ring (bicyclic) bond motifs is 3. The number of likely N-dealkylation sites (tertiary alicyclic amines) is 1. The summed E-state index contributed by atoms with van der Waals surface area (Å²) in [6.07, 6.45) is -1.44. The summed E-state index contributed by atoms with van der Waals surface area (Å²) in [5.74, 6) is -0.872. The molecule has 1 fully saturated rings. The first kappa shape index (κ1) is 38.7. The molecule has 1 saturated heterocycles. The lowest BCUT2D eigenvalue weighted by Crippen LogP contribution is -2.59. The smallest absolute Gasteiger partial charge is 0.437 e. The zero-order valence-corrected chi connectivity index (χ0v) is 30.1. The molecule has 0 saturated carbocycles. The van der Waals surface area contributed by atoms with Crippen LogP contribution in [0.1, 0.15) is 77.8 Å². The van der Waals surface area contributed by atoms with E-state index < -0.39 is 41.4 Å². The second kappa shape index (κ2) is 17.2. The molecule has 1 atom stereocenters. The standard InChI is InChI=1S/C36H47N7O8/c1-35(2,3)50-33(46)40-31(43(34(47)51-36(4,5)6)20-23-48-22-18-38-41-37)42-19-11-16-29(30(42)44)39-32(45)49-21-17-28-26-14-9-7-12-24(26)25-13-8-10-15-27(25)28/h7-10,12-15,28-29H,11,16-23H2,1-6H3,(H,39,45)/b40-31-/t29-/m0/s1. The Kier molecular flexibility index (Phi) is 13.0. The molecule has 1 N–H and O–H groups in total. The molecule has 1 heterocycles. The molecule has 4 amide bonds. The highest BCUT2D eigenvalue weighted by atomic mass is 16.6. The Labute approximate surface area is 297 Å². The van der Waals surface area contributed by atoms with E-state index in [4.69, 9.17) is 24.5 Å². The normalized spacial score (nSPS) is 16.0. The van der Waals surface area contributed by atoms with E-state index in [-0.39, 0.29) is 51.3 Å². The number of alkyl carbamates (subject to hydrolysis) is 1. The van der Waals surface area contributed by atoms with E-state index in [1.54, 1.807) is 41.5 Å². The molecular formula is C36H47N7O8. The topological polar surface area (TPSA) is 185 Å². The number of hydrogen-bond donors (Lipinski definition) is 1. The highest BCUT2D eigenvalue weighted by Crippen LogP contribution is 2.46. The van der Waals surface area contributed by atoms with Gasteiger partial charge in [-0.05, 0) is 88.6 Å². The van der Waals surface area contributed by atoms with Crippen LogP contribution in [-0.4, -0.2) is 96.6 Å². The minimum Gasteiger partial charge on any atom is -0.450 e. The summed E-state index contributed by atoms with van der Waals surface area (Å²) in [6, 6.07) is 15.3. The van der Waals surface area contributed by atoms with E-state index >= 15 is 0 Å². The van der Waals surface area contributed by atoms with Gasteiger partial charge >= 0.3 is 18.3 Å². The number of rotatable bonds is 10. The summed E-state index contributed by atoms with van der Waals surface area (Å²) >= 11 is 0. The van der Waals surface area contributed by atoms with Crippen molar-refractivity contribution in [3.63, 3.8) is 0 Å². The summed E-state index contributed by atoms with van der Waals surface area (Å²) in [5, 5.41) is 6.08. The van der Waals surface area contributed by atoms with E-state index in [1.165, 1.54) is 22.3 Å². The van der Waals surface area contributed by atoms with Crippen molar-refractivity contribution in [3.8, 4) is 11.1 Å². The van der Waals surface area contributed by atoms with E-state index in [1.807, 2.05) is 24.3 Å². The molecule has 1 aliphatic carbocycles. The van der Waals surface area contributed by atoms with Gasteiger partial charge in [-0.3, -0.25) is 9.69 Å². The Balaban J connectivity index is 1.49. The average Bonchev–Trinajstić information content (AvgIpc) is 3.36. The van der Waals surface area contributed by atoms with E-state index in [0.29, 0.717) is 19.3 Å². The molecule has 0 radical (unpaired) electrons. The van der Waals surface area contributed by atoms with Crippen LogP contribution in [0.5, 0.6) is 0 Å². The largest absolute Gasteiger partial charge is 0.450 e. The quantitative estimate of drug-likeness (QED) is 0.0534. The molecule has 0 unspecified atom stereocenters. The van der Waals surface area contributed by atoms with Gasteiger partial charge < -0.3 is 24.3 Å². The van der Waals surface area contributed by atoms with Crippen LogP contribution in [0.25, 0.3) is 21.6 Å². The fourth-order valence-electron chi connectivity index (χ4n) is 5.86. The number of hydrogen-bond acceptors (Lipinski definition) is 9. The van der Waals surface area contributed by atoms with E-state index in [2.05, 4.69) is 44.6 Å². The van der Waals surface area contributed by atoms with Crippen molar-refractivity contribution in [2.75, 3.05) is 39.5 Å². The van der Waals surface area contributed by atoms with Gasteiger partial charge in [0.15, 0.2) is 0 Å². The molecule has 0 spiro atoms. The fourth-order valence-corrected chi connectivity index (χ4v) is 5.86. The van der Waals surface area contributed by atoms with Crippen molar-refractivity contribution in [1.82, 2.24) is 15.1 Å². The monoisotopic (exact) mass is 705 g/mol. The van der Waals surface area contributed by atoms with Crippen molar-refractivity contribution in [1.29, 1.82) is 0 Å². The third-order valence-electron chi connectivity index (χ3n) is 7.87. The lowest BCUT2D eigenvalue weighted by Gasteiger charge is -2.37. The van der Waals surface area contributed by atoms with Crippen LogP contribution < -0.4 is 5.32 Å². The summed E-state index contributed by atoms with van der Waals surface area (Å²) in [4.78, 5) is 62.5. The molecule has 4 rings (SSSR count). The second-order valence-corrected chi connectivity index (χ2v) is 14.1. The molecule has 15 heteroatoms. The number of amides is 4. The van der Waals surface area contributed by atoms with E-state index in [9.17, 15) is 19.2 Å². The first-order valence-electron chi connectivity index (χ1n) is 17.0. The summed E-state index contributed by atoms with van der Waals surface area (Å²) < 4.78 is 22.1. The maximum atomic E-state index is 14.0. The van der Waals surface area contributed by atoms with Crippen LogP contribution in [0.15, 0.2) is 58.6 Å². The Morgan fingerprint density at radius 3 is 2.18 bits per heavy atom. The molecule has 2 aromatic rings. The number of ether oxygens (including phenoxy) is 4. The third kappa shape index (κ3) is 10.9. The van der Waals surface area contributed by atoms with Crippen LogP contribution in [0.2, 0.25) is 0 Å². The number of aliphatic imine (C=N–C) groups is 1. The van der Waals surface area contributed by atoms with Crippen LogP contribution in [0.4, 0.5) is 14.4 Å².